The standard InChI is InChI=1S/C12H9F3N2O2/c13-12(14,15)9-3-1-2-8(6-9)7-17-5-4-16-10(17)11(18)19/h1-6H,7H2,(H,18,19). The van der Waals surface area contributed by atoms with E-state index in [1.807, 2.05) is 0 Å². The molecule has 0 saturated heterocycles. The first-order valence-corrected chi connectivity index (χ1v) is 5.28. The molecule has 0 aliphatic heterocycles. The maximum absolute atomic E-state index is 12.5. The molecule has 4 nitrogen and oxygen atoms in total. The maximum atomic E-state index is 12.5. The van der Waals surface area contributed by atoms with Gasteiger partial charge in [-0.3, -0.25) is 0 Å². The number of benzene rings is 1. The molecule has 1 N–H and O–H groups in total. The van der Waals surface area contributed by atoms with Gasteiger partial charge in [0.25, 0.3) is 0 Å². The van der Waals surface area contributed by atoms with Crippen molar-refractivity contribution in [1.29, 1.82) is 0 Å². The number of carboxylic acids is 1. The second-order valence-electron chi connectivity index (χ2n) is 3.88. The molecule has 1 heterocycles. The van der Waals surface area contributed by atoms with Crippen LogP contribution >= 0.6 is 0 Å². The molecule has 1 aromatic heterocycles. The average molecular weight is 270 g/mol. The van der Waals surface area contributed by atoms with Gasteiger partial charge in [0.05, 0.1) is 5.56 Å². The SMILES string of the molecule is O=C(O)c1nccn1Cc1cccc(C(F)(F)F)c1. The van der Waals surface area contributed by atoms with Crippen LogP contribution in [-0.4, -0.2) is 20.6 Å². The van der Waals surface area contributed by atoms with Crippen molar-refractivity contribution in [3.63, 3.8) is 0 Å². The van der Waals surface area contributed by atoms with Gasteiger partial charge in [-0.1, -0.05) is 12.1 Å². The molecule has 0 bridgehead atoms. The van der Waals surface area contributed by atoms with Crippen LogP contribution in [0, 0.1) is 0 Å². The summed E-state index contributed by atoms with van der Waals surface area (Å²) in [5.74, 6) is -1.44. The topological polar surface area (TPSA) is 55.1 Å². The van der Waals surface area contributed by atoms with Gasteiger partial charge in [-0.05, 0) is 17.7 Å². The Morgan fingerprint density at radius 2 is 2.11 bits per heavy atom. The summed E-state index contributed by atoms with van der Waals surface area (Å²) in [6.07, 6.45) is -1.72. The normalized spacial score (nSPS) is 11.5. The molecule has 0 radical (unpaired) electrons. The lowest BCUT2D eigenvalue weighted by atomic mass is 10.1. The zero-order valence-electron chi connectivity index (χ0n) is 9.55. The predicted octanol–water partition coefficient (Wildman–Crippen LogP) is 2.65. The van der Waals surface area contributed by atoms with Crippen LogP contribution in [-0.2, 0) is 12.7 Å². The minimum atomic E-state index is -4.42. The lowest BCUT2D eigenvalue weighted by Gasteiger charge is -2.09. The van der Waals surface area contributed by atoms with Gasteiger partial charge in [0, 0.05) is 18.9 Å². The molecule has 0 saturated carbocycles. The van der Waals surface area contributed by atoms with Gasteiger partial charge in [-0.2, -0.15) is 13.2 Å². The molecular formula is C12H9F3N2O2. The molecule has 0 spiro atoms. The number of carbonyl (C=O) groups is 1. The van der Waals surface area contributed by atoms with Crippen molar-refractivity contribution in [2.75, 3.05) is 0 Å². The molecule has 0 atom stereocenters. The molecule has 2 aromatic rings. The summed E-state index contributed by atoms with van der Waals surface area (Å²) in [5.41, 5.74) is -0.405. The van der Waals surface area contributed by atoms with Crippen LogP contribution in [0.1, 0.15) is 21.7 Å². The molecular weight excluding hydrogens is 261 g/mol. The number of imidazole rings is 1. The number of carboxylic acid groups (broad SMARTS) is 1. The van der Waals surface area contributed by atoms with Gasteiger partial charge in [0.1, 0.15) is 0 Å². The van der Waals surface area contributed by atoms with Crippen molar-refractivity contribution in [1.82, 2.24) is 9.55 Å². The first-order valence-electron chi connectivity index (χ1n) is 5.28. The minimum absolute atomic E-state index is 0.0194. The fourth-order valence-electron chi connectivity index (χ4n) is 1.68. The Labute approximate surface area is 106 Å². The highest BCUT2D eigenvalue weighted by Gasteiger charge is 2.30. The third kappa shape index (κ3) is 2.93. The molecule has 100 valence electrons. The molecule has 7 heteroatoms. The van der Waals surface area contributed by atoms with Gasteiger partial charge >= 0.3 is 12.1 Å². The number of alkyl halides is 3. The van der Waals surface area contributed by atoms with Crippen LogP contribution in [0.2, 0.25) is 0 Å². The third-order valence-corrected chi connectivity index (χ3v) is 2.51. The molecule has 2 rings (SSSR count). The van der Waals surface area contributed by atoms with Crippen molar-refractivity contribution in [3.8, 4) is 0 Å². The van der Waals surface area contributed by atoms with Crippen molar-refractivity contribution < 1.29 is 23.1 Å². The number of hydrogen-bond donors (Lipinski definition) is 1. The van der Waals surface area contributed by atoms with Gasteiger partial charge in [-0.15, -0.1) is 0 Å². The van der Waals surface area contributed by atoms with E-state index in [-0.39, 0.29) is 12.4 Å². The van der Waals surface area contributed by atoms with Crippen LogP contribution in [0.25, 0.3) is 0 Å². The Hall–Kier alpha value is -2.31. The minimum Gasteiger partial charge on any atom is -0.475 e. The van der Waals surface area contributed by atoms with E-state index in [1.54, 1.807) is 0 Å². The molecule has 0 fully saturated rings. The van der Waals surface area contributed by atoms with E-state index >= 15 is 0 Å². The highest BCUT2D eigenvalue weighted by atomic mass is 19.4. The summed E-state index contributed by atoms with van der Waals surface area (Å²) in [5, 5.41) is 8.85. The lowest BCUT2D eigenvalue weighted by Crippen LogP contribution is -2.11. The summed E-state index contributed by atoms with van der Waals surface area (Å²) < 4.78 is 38.9. The lowest BCUT2D eigenvalue weighted by molar-refractivity contribution is -0.137. The molecule has 19 heavy (non-hydrogen) atoms. The van der Waals surface area contributed by atoms with Crippen LogP contribution in [0.3, 0.4) is 0 Å². The van der Waals surface area contributed by atoms with E-state index in [2.05, 4.69) is 4.98 Å². The second-order valence-corrected chi connectivity index (χ2v) is 3.88. The summed E-state index contributed by atoms with van der Waals surface area (Å²) in [6, 6.07) is 4.75. The monoisotopic (exact) mass is 270 g/mol. The largest absolute Gasteiger partial charge is 0.475 e. The van der Waals surface area contributed by atoms with Crippen molar-refractivity contribution in [2.24, 2.45) is 0 Å². The number of hydrogen-bond acceptors (Lipinski definition) is 2. The molecule has 0 unspecified atom stereocenters. The van der Waals surface area contributed by atoms with Crippen LogP contribution in [0.5, 0.6) is 0 Å². The molecule has 1 aromatic carbocycles. The fourth-order valence-corrected chi connectivity index (χ4v) is 1.68. The summed E-state index contributed by atoms with van der Waals surface area (Å²) in [4.78, 5) is 14.5. The number of rotatable bonds is 3. The quantitative estimate of drug-likeness (QED) is 0.932. The van der Waals surface area contributed by atoms with Gasteiger partial charge in [0.15, 0.2) is 0 Å². The van der Waals surface area contributed by atoms with Crippen molar-refractivity contribution in [3.05, 3.63) is 53.6 Å². The van der Waals surface area contributed by atoms with E-state index in [4.69, 9.17) is 5.11 Å². The summed E-state index contributed by atoms with van der Waals surface area (Å²) in [6.45, 7) is 0.0194. The average Bonchev–Trinajstić information content (AvgIpc) is 2.76. The Morgan fingerprint density at radius 3 is 2.74 bits per heavy atom. The van der Waals surface area contributed by atoms with Crippen molar-refractivity contribution in [2.45, 2.75) is 12.7 Å². The van der Waals surface area contributed by atoms with Gasteiger partial charge in [-0.25, -0.2) is 9.78 Å². The summed E-state index contributed by atoms with van der Waals surface area (Å²) >= 11 is 0. The smallest absolute Gasteiger partial charge is 0.416 e. The van der Waals surface area contributed by atoms with E-state index < -0.39 is 17.7 Å². The zero-order valence-corrected chi connectivity index (χ0v) is 9.55. The van der Waals surface area contributed by atoms with Crippen molar-refractivity contribution >= 4 is 5.97 Å². The Kier molecular flexibility index (Phi) is 3.28. The molecule has 0 aliphatic rings. The highest BCUT2D eigenvalue weighted by molar-refractivity contribution is 5.83. The fraction of sp³-hybridized carbons (Fsp3) is 0.167. The molecule has 0 amide bonds. The predicted molar refractivity (Wildman–Crippen MR) is 59.7 cm³/mol. The Morgan fingerprint density at radius 1 is 1.37 bits per heavy atom. The number of halogens is 3. The highest BCUT2D eigenvalue weighted by Crippen LogP contribution is 2.29. The molecule has 0 aliphatic carbocycles. The zero-order chi connectivity index (χ0) is 14.0. The first kappa shape index (κ1) is 13.1. The van der Waals surface area contributed by atoms with Crippen LogP contribution in [0.15, 0.2) is 36.7 Å². The van der Waals surface area contributed by atoms with Gasteiger partial charge < -0.3 is 9.67 Å². The van der Waals surface area contributed by atoms with Crippen LogP contribution in [0.4, 0.5) is 13.2 Å². The van der Waals surface area contributed by atoms with E-state index in [1.165, 1.54) is 29.1 Å². The maximum Gasteiger partial charge on any atom is 0.416 e. The Bertz CT molecular complexity index is 605. The van der Waals surface area contributed by atoms with E-state index in [0.717, 1.165) is 12.1 Å². The van der Waals surface area contributed by atoms with E-state index in [9.17, 15) is 18.0 Å². The number of nitrogens with zero attached hydrogens (tertiary/aromatic N) is 2. The third-order valence-electron chi connectivity index (χ3n) is 2.51. The number of aromatic carboxylic acids is 1. The summed E-state index contributed by atoms with van der Waals surface area (Å²) in [7, 11) is 0. The van der Waals surface area contributed by atoms with Crippen LogP contribution < -0.4 is 0 Å². The first-order chi connectivity index (χ1) is 8.88. The van der Waals surface area contributed by atoms with Gasteiger partial charge in [0.2, 0.25) is 5.82 Å². The van der Waals surface area contributed by atoms with E-state index in [0.29, 0.717) is 5.56 Å². The Balaban J connectivity index is 2.29. The second kappa shape index (κ2) is 4.75. The number of aromatic nitrogens is 2.